The second kappa shape index (κ2) is 7.10. The van der Waals surface area contributed by atoms with E-state index in [1.165, 1.54) is 58.0 Å². The van der Waals surface area contributed by atoms with Gasteiger partial charge in [-0.3, -0.25) is 0 Å². The van der Waals surface area contributed by atoms with Crippen molar-refractivity contribution in [2.24, 2.45) is 0 Å². The molecule has 0 bridgehead atoms. The van der Waals surface area contributed by atoms with E-state index in [0.717, 1.165) is 28.0 Å². The molecule has 1 saturated carbocycles. The summed E-state index contributed by atoms with van der Waals surface area (Å²) < 4.78 is 0. The molecule has 1 aliphatic carbocycles. The van der Waals surface area contributed by atoms with Gasteiger partial charge in [0.15, 0.2) is 0 Å². The van der Waals surface area contributed by atoms with E-state index in [1.54, 1.807) is 0 Å². The first kappa shape index (κ1) is 15.9. The minimum atomic E-state index is 0.530. The molecule has 2 aliphatic rings. The number of benzene rings is 1. The van der Waals surface area contributed by atoms with Gasteiger partial charge in [-0.1, -0.05) is 30.9 Å². The highest BCUT2D eigenvalue weighted by Gasteiger charge is 2.26. The Balaban J connectivity index is 1.54. The predicted molar refractivity (Wildman–Crippen MR) is 95.7 cm³/mol. The number of hydrogen-bond donors (Lipinski definition) is 2. The first-order valence-corrected chi connectivity index (χ1v) is 9.07. The fourth-order valence-electron chi connectivity index (χ4n) is 3.90. The number of nitrogen functional groups attached to an aromatic ring is 1. The van der Waals surface area contributed by atoms with Crippen LogP contribution in [0.2, 0.25) is 5.02 Å². The van der Waals surface area contributed by atoms with Gasteiger partial charge in [0.05, 0.1) is 11.4 Å². The van der Waals surface area contributed by atoms with E-state index in [-0.39, 0.29) is 0 Å². The Labute approximate surface area is 139 Å². The van der Waals surface area contributed by atoms with Crippen molar-refractivity contribution in [1.82, 2.24) is 4.90 Å². The highest BCUT2D eigenvalue weighted by atomic mass is 35.5. The van der Waals surface area contributed by atoms with Gasteiger partial charge >= 0.3 is 0 Å². The van der Waals surface area contributed by atoms with Crippen molar-refractivity contribution in [2.45, 2.75) is 64.0 Å². The minimum Gasteiger partial charge on any atom is -0.397 e. The number of piperidine rings is 1. The van der Waals surface area contributed by atoms with Crippen LogP contribution in [0.15, 0.2) is 12.1 Å². The molecule has 3 N–H and O–H groups in total. The predicted octanol–water partition coefficient (Wildman–Crippen LogP) is 4.44. The second-order valence-electron chi connectivity index (χ2n) is 6.94. The Morgan fingerprint density at radius 3 is 2.45 bits per heavy atom. The molecular formula is C18H28ClN3. The Bertz CT molecular complexity index is 503. The lowest BCUT2D eigenvalue weighted by molar-refractivity contribution is 0.126. The zero-order valence-corrected chi connectivity index (χ0v) is 14.3. The number of nitrogens with two attached hydrogens (primary N) is 1. The first-order chi connectivity index (χ1) is 10.6. The molecule has 1 heterocycles. The number of nitrogens with zero attached hydrogens (tertiary/aromatic N) is 1. The second-order valence-corrected chi connectivity index (χ2v) is 7.34. The van der Waals surface area contributed by atoms with Crippen LogP contribution in [-0.2, 0) is 0 Å². The lowest BCUT2D eigenvalue weighted by atomic mass is 9.92. The zero-order valence-electron chi connectivity index (χ0n) is 13.6. The maximum absolute atomic E-state index is 6.12. The zero-order chi connectivity index (χ0) is 15.5. The SMILES string of the molecule is Cc1cc(NC2CCN(C3CCCCC3)CC2)c(N)cc1Cl. The summed E-state index contributed by atoms with van der Waals surface area (Å²) >= 11 is 6.12. The summed E-state index contributed by atoms with van der Waals surface area (Å²) in [5, 5.41) is 4.38. The average molecular weight is 322 g/mol. The summed E-state index contributed by atoms with van der Waals surface area (Å²) in [7, 11) is 0. The molecule has 22 heavy (non-hydrogen) atoms. The van der Waals surface area contributed by atoms with Gasteiger partial charge in [-0.25, -0.2) is 0 Å². The van der Waals surface area contributed by atoms with Gasteiger partial charge in [-0.05, 0) is 50.3 Å². The van der Waals surface area contributed by atoms with Crippen molar-refractivity contribution >= 4 is 23.0 Å². The fraction of sp³-hybridized carbons (Fsp3) is 0.667. The Morgan fingerprint density at radius 1 is 1.09 bits per heavy atom. The maximum Gasteiger partial charge on any atom is 0.0579 e. The Kier molecular flexibility index (Phi) is 5.14. The summed E-state index contributed by atoms with van der Waals surface area (Å²) in [6, 6.07) is 5.31. The number of anilines is 2. The molecule has 1 aromatic carbocycles. The molecule has 0 atom stereocenters. The molecule has 0 radical (unpaired) electrons. The standard InChI is InChI=1S/C18H28ClN3/c1-13-11-18(17(20)12-16(13)19)21-14-7-9-22(10-8-14)15-5-3-2-4-6-15/h11-12,14-15,21H,2-10,20H2,1H3. The van der Waals surface area contributed by atoms with Crippen LogP contribution in [-0.4, -0.2) is 30.1 Å². The van der Waals surface area contributed by atoms with Gasteiger partial charge in [-0.15, -0.1) is 0 Å². The third kappa shape index (κ3) is 3.69. The minimum absolute atomic E-state index is 0.530. The van der Waals surface area contributed by atoms with E-state index in [0.29, 0.717) is 6.04 Å². The van der Waals surface area contributed by atoms with E-state index in [4.69, 9.17) is 17.3 Å². The lowest BCUT2D eigenvalue weighted by Crippen LogP contribution is -2.45. The number of likely N-dealkylation sites (tertiary alicyclic amines) is 1. The number of hydrogen-bond acceptors (Lipinski definition) is 3. The van der Waals surface area contributed by atoms with Crippen LogP contribution in [0.1, 0.15) is 50.5 Å². The first-order valence-electron chi connectivity index (χ1n) is 8.69. The molecule has 0 spiro atoms. The monoisotopic (exact) mass is 321 g/mol. The fourth-order valence-corrected chi connectivity index (χ4v) is 4.07. The molecule has 1 aromatic rings. The smallest absolute Gasteiger partial charge is 0.0579 e. The summed E-state index contributed by atoms with van der Waals surface area (Å²) in [6.07, 6.45) is 9.49. The molecule has 122 valence electrons. The van der Waals surface area contributed by atoms with Gasteiger partial charge in [-0.2, -0.15) is 0 Å². The van der Waals surface area contributed by atoms with Crippen LogP contribution >= 0.6 is 11.6 Å². The Hall–Kier alpha value is -0.930. The van der Waals surface area contributed by atoms with E-state index in [1.807, 2.05) is 13.0 Å². The molecule has 1 saturated heterocycles. The van der Waals surface area contributed by atoms with Gasteiger partial charge < -0.3 is 16.0 Å². The average Bonchev–Trinajstić information content (AvgIpc) is 2.54. The normalized spacial score (nSPS) is 21.9. The summed E-state index contributed by atoms with van der Waals surface area (Å²) in [5.41, 5.74) is 8.97. The van der Waals surface area contributed by atoms with Crippen molar-refractivity contribution in [3.05, 3.63) is 22.7 Å². The third-order valence-corrected chi connectivity index (χ3v) is 5.72. The van der Waals surface area contributed by atoms with Crippen molar-refractivity contribution in [3.63, 3.8) is 0 Å². The van der Waals surface area contributed by atoms with Gasteiger partial charge in [0.2, 0.25) is 0 Å². The van der Waals surface area contributed by atoms with Gasteiger partial charge in [0.1, 0.15) is 0 Å². The molecule has 3 nitrogen and oxygen atoms in total. The molecule has 0 amide bonds. The van der Waals surface area contributed by atoms with Crippen LogP contribution in [0.4, 0.5) is 11.4 Å². The van der Waals surface area contributed by atoms with Crippen molar-refractivity contribution in [3.8, 4) is 0 Å². The topological polar surface area (TPSA) is 41.3 Å². The van der Waals surface area contributed by atoms with Crippen molar-refractivity contribution in [2.75, 3.05) is 24.1 Å². The van der Waals surface area contributed by atoms with Crippen LogP contribution < -0.4 is 11.1 Å². The number of halogens is 1. The molecule has 0 unspecified atom stereocenters. The largest absolute Gasteiger partial charge is 0.397 e. The van der Waals surface area contributed by atoms with Crippen LogP contribution in [0.3, 0.4) is 0 Å². The molecule has 4 heteroatoms. The lowest BCUT2D eigenvalue weighted by Gasteiger charge is -2.39. The van der Waals surface area contributed by atoms with Crippen LogP contribution in [0, 0.1) is 6.92 Å². The van der Waals surface area contributed by atoms with Crippen molar-refractivity contribution < 1.29 is 0 Å². The highest BCUT2D eigenvalue weighted by molar-refractivity contribution is 6.31. The number of aryl methyl sites for hydroxylation is 1. The highest BCUT2D eigenvalue weighted by Crippen LogP contribution is 2.30. The number of rotatable bonds is 3. The summed E-state index contributed by atoms with van der Waals surface area (Å²) in [4.78, 5) is 2.72. The van der Waals surface area contributed by atoms with Crippen LogP contribution in [0.5, 0.6) is 0 Å². The van der Waals surface area contributed by atoms with Crippen LogP contribution in [0.25, 0.3) is 0 Å². The summed E-state index contributed by atoms with van der Waals surface area (Å²) in [6.45, 7) is 4.46. The van der Waals surface area contributed by atoms with E-state index in [9.17, 15) is 0 Å². The molecule has 0 aromatic heterocycles. The molecular weight excluding hydrogens is 294 g/mol. The van der Waals surface area contributed by atoms with E-state index in [2.05, 4.69) is 16.3 Å². The number of nitrogens with one attached hydrogen (secondary N) is 1. The van der Waals surface area contributed by atoms with Gasteiger partial charge in [0.25, 0.3) is 0 Å². The Morgan fingerprint density at radius 2 is 1.77 bits per heavy atom. The molecule has 1 aliphatic heterocycles. The van der Waals surface area contributed by atoms with E-state index < -0.39 is 0 Å². The van der Waals surface area contributed by atoms with E-state index >= 15 is 0 Å². The quantitative estimate of drug-likeness (QED) is 0.809. The molecule has 3 rings (SSSR count). The summed E-state index contributed by atoms with van der Waals surface area (Å²) in [5.74, 6) is 0. The van der Waals surface area contributed by atoms with Gasteiger partial charge in [0, 0.05) is 30.2 Å². The van der Waals surface area contributed by atoms with Crippen molar-refractivity contribution in [1.29, 1.82) is 0 Å². The third-order valence-electron chi connectivity index (χ3n) is 5.31. The molecule has 2 fully saturated rings. The maximum atomic E-state index is 6.12.